The summed E-state index contributed by atoms with van der Waals surface area (Å²) in [5.41, 5.74) is 0.881. The fourth-order valence-electron chi connectivity index (χ4n) is 5.27. The second kappa shape index (κ2) is 14.7. The van der Waals surface area contributed by atoms with E-state index >= 15 is 0 Å². The van der Waals surface area contributed by atoms with Gasteiger partial charge < -0.3 is 9.64 Å². The molecule has 0 N–H and O–H groups in total. The van der Waals surface area contributed by atoms with Crippen molar-refractivity contribution >= 4 is 52.1 Å². The van der Waals surface area contributed by atoms with Crippen molar-refractivity contribution in [3.63, 3.8) is 0 Å². The zero-order valence-corrected chi connectivity index (χ0v) is 25.2. The Hall–Kier alpha value is -2.64. The number of ether oxygens (including phenoxy) is 1. The second-order valence-electron chi connectivity index (χ2n) is 10.0. The standard InChI is InChI=1S/C29H40N4O4S2/c1-5-8-9-10-11-12-16-33-27(35)24(39-29(33)38)17-22-20(4)23(18-30)26(34)32(6-2)25(22)31-15-13-14-21(19-31)28(36)37-7-3/h17,21H,5-16,19H2,1-4H3. The number of nitrogens with zero attached hydrogens (tertiary/aromatic N) is 4. The molecule has 0 saturated carbocycles. The molecule has 0 aromatic carbocycles. The first-order valence-electron chi connectivity index (χ1n) is 14.1. The van der Waals surface area contributed by atoms with Crippen LogP contribution in [0.2, 0.25) is 0 Å². The minimum Gasteiger partial charge on any atom is -0.466 e. The first-order chi connectivity index (χ1) is 18.8. The number of nitriles is 1. The molecule has 39 heavy (non-hydrogen) atoms. The smallest absolute Gasteiger partial charge is 0.310 e. The van der Waals surface area contributed by atoms with Gasteiger partial charge in [0, 0.05) is 31.7 Å². The Kier molecular flexibility index (Phi) is 11.6. The van der Waals surface area contributed by atoms with Crippen LogP contribution in [0.15, 0.2) is 9.70 Å². The van der Waals surface area contributed by atoms with Crippen LogP contribution in [-0.4, -0.2) is 51.9 Å². The molecule has 2 fully saturated rings. The van der Waals surface area contributed by atoms with E-state index in [2.05, 4.69) is 13.0 Å². The largest absolute Gasteiger partial charge is 0.466 e. The number of hydrogen-bond acceptors (Lipinski definition) is 8. The van der Waals surface area contributed by atoms with Crippen LogP contribution in [-0.2, 0) is 20.9 Å². The molecule has 1 unspecified atom stereocenters. The maximum atomic E-state index is 13.4. The van der Waals surface area contributed by atoms with Crippen LogP contribution in [0.1, 0.15) is 88.8 Å². The summed E-state index contributed by atoms with van der Waals surface area (Å²) in [6.07, 6.45) is 10.0. The van der Waals surface area contributed by atoms with Crippen molar-refractivity contribution in [3.8, 4) is 6.07 Å². The van der Waals surface area contributed by atoms with Crippen LogP contribution in [0.25, 0.3) is 6.08 Å². The topological polar surface area (TPSA) is 95.6 Å². The number of aromatic nitrogens is 1. The molecule has 1 atom stereocenters. The number of piperidine rings is 1. The zero-order chi connectivity index (χ0) is 28.5. The summed E-state index contributed by atoms with van der Waals surface area (Å²) in [5.74, 6) is -0.0533. The van der Waals surface area contributed by atoms with Gasteiger partial charge in [0.1, 0.15) is 21.8 Å². The van der Waals surface area contributed by atoms with Gasteiger partial charge in [-0.15, -0.1) is 0 Å². The number of thiocarbonyl (C=S) groups is 1. The van der Waals surface area contributed by atoms with E-state index in [4.69, 9.17) is 17.0 Å². The van der Waals surface area contributed by atoms with E-state index in [1.165, 1.54) is 31.0 Å². The van der Waals surface area contributed by atoms with Crippen molar-refractivity contribution in [2.45, 2.75) is 85.6 Å². The minimum atomic E-state index is -0.362. The molecule has 1 aromatic heterocycles. The average molecular weight is 573 g/mol. The van der Waals surface area contributed by atoms with Crippen LogP contribution in [0.3, 0.4) is 0 Å². The molecule has 0 radical (unpaired) electrons. The van der Waals surface area contributed by atoms with Crippen LogP contribution in [0.4, 0.5) is 5.82 Å². The highest BCUT2D eigenvalue weighted by atomic mass is 32.2. The van der Waals surface area contributed by atoms with E-state index < -0.39 is 0 Å². The van der Waals surface area contributed by atoms with Gasteiger partial charge in [0.15, 0.2) is 0 Å². The van der Waals surface area contributed by atoms with Gasteiger partial charge in [0.2, 0.25) is 0 Å². The number of thioether (sulfide) groups is 1. The molecular formula is C29H40N4O4S2. The lowest BCUT2D eigenvalue weighted by Crippen LogP contribution is -2.43. The maximum Gasteiger partial charge on any atom is 0.310 e. The van der Waals surface area contributed by atoms with E-state index in [0.29, 0.717) is 65.4 Å². The van der Waals surface area contributed by atoms with Gasteiger partial charge in [0.05, 0.1) is 17.4 Å². The first-order valence-corrected chi connectivity index (χ1v) is 15.4. The third kappa shape index (κ3) is 7.12. The molecule has 0 aliphatic carbocycles. The molecule has 3 heterocycles. The predicted octanol–water partition coefficient (Wildman–Crippen LogP) is 5.39. The Morgan fingerprint density at radius 3 is 2.56 bits per heavy atom. The Morgan fingerprint density at radius 1 is 1.18 bits per heavy atom. The number of rotatable bonds is 12. The summed E-state index contributed by atoms with van der Waals surface area (Å²) in [6, 6.07) is 2.07. The molecule has 10 heteroatoms. The number of carbonyl (C=O) groups is 2. The Bertz CT molecular complexity index is 1220. The Balaban J connectivity index is 1.98. The molecule has 8 nitrogen and oxygen atoms in total. The summed E-state index contributed by atoms with van der Waals surface area (Å²) >= 11 is 6.83. The number of anilines is 1. The molecule has 0 spiro atoms. The number of pyridine rings is 1. The summed E-state index contributed by atoms with van der Waals surface area (Å²) in [5, 5.41) is 9.83. The summed E-state index contributed by atoms with van der Waals surface area (Å²) < 4.78 is 7.40. The monoisotopic (exact) mass is 572 g/mol. The van der Waals surface area contributed by atoms with Crippen molar-refractivity contribution in [1.82, 2.24) is 9.47 Å². The highest BCUT2D eigenvalue weighted by molar-refractivity contribution is 8.26. The number of esters is 1. The Labute approximate surface area is 241 Å². The van der Waals surface area contributed by atoms with Crippen molar-refractivity contribution in [2.24, 2.45) is 5.92 Å². The van der Waals surface area contributed by atoms with E-state index in [-0.39, 0.29) is 28.9 Å². The quantitative estimate of drug-likeness (QED) is 0.142. The van der Waals surface area contributed by atoms with Gasteiger partial charge in [-0.05, 0) is 51.7 Å². The van der Waals surface area contributed by atoms with Crippen molar-refractivity contribution in [3.05, 3.63) is 31.9 Å². The van der Waals surface area contributed by atoms with Crippen molar-refractivity contribution in [1.29, 1.82) is 5.26 Å². The molecular weight excluding hydrogens is 532 g/mol. The molecule has 2 saturated heterocycles. The highest BCUT2D eigenvalue weighted by Crippen LogP contribution is 2.37. The third-order valence-corrected chi connectivity index (χ3v) is 8.77. The molecule has 3 rings (SSSR count). The first kappa shape index (κ1) is 30.9. The third-order valence-electron chi connectivity index (χ3n) is 7.39. The van der Waals surface area contributed by atoms with E-state index in [1.807, 2.05) is 11.8 Å². The van der Waals surface area contributed by atoms with Crippen molar-refractivity contribution < 1.29 is 14.3 Å². The lowest BCUT2D eigenvalue weighted by Gasteiger charge is -2.36. The van der Waals surface area contributed by atoms with E-state index in [9.17, 15) is 19.6 Å². The van der Waals surface area contributed by atoms with Gasteiger partial charge in [-0.25, -0.2) is 0 Å². The lowest BCUT2D eigenvalue weighted by molar-refractivity contribution is -0.148. The summed E-state index contributed by atoms with van der Waals surface area (Å²) in [6.45, 7) is 9.90. The second-order valence-corrected chi connectivity index (χ2v) is 11.7. The van der Waals surface area contributed by atoms with E-state index in [0.717, 1.165) is 25.7 Å². The summed E-state index contributed by atoms with van der Waals surface area (Å²) in [7, 11) is 0. The van der Waals surface area contributed by atoms with Crippen molar-refractivity contribution in [2.75, 3.05) is 31.1 Å². The predicted molar refractivity (Wildman–Crippen MR) is 161 cm³/mol. The highest BCUT2D eigenvalue weighted by Gasteiger charge is 2.34. The normalized spacial score (nSPS) is 18.6. The number of amides is 1. The van der Waals surface area contributed by atoms with Gasteiger partial charge >= 0.3 is 5.97 Å². The number of unbranched alkanes of at least 4 members (excludes halogenated alkanes) is 5. The molecule has 1 amide bonds. The molecule has 212 valence electrons. The molecule has 0 bridgehead atoms. The number of carbonyl (C=O) groups excluding carboxylic acids is 2. The van der Waals surface area contributed by atoms with Gasteiger partial charge in [-0.2, -0.15) is 5.26 Å². The minimum absolute atomic E-state index is 0.0633. The van der Waals surface area contributed by atoms with Crippen LogP contribution >= 0.6 is 24.0 Å². The zero-order valence-electron chi connectivity index (χ0n) is 23.6. The van der Waals surface area contributed by atoms with Gasteiger partial charge in [-0.3, -0.25) is 23.9 Å². The molecule has 1 aromatic rings. The van der Waals surface area contributed by atoms with E-state index in [1.54, 1.807) is 29.4 Å². The molecule has 2 aliphatic heterocycles. The Morgan fingerprint density at radius 2 is 1.90 bits per heavy atom. The van der Waals surface area contributed by atoms with Crippen LogP contribution < -0.4 is 10.5 Å². The summed E-state index contributed by atoms with van der Waals surface area (Å²) in [4.78, 5) is 43.5. The molecule has 2 aliphatic rings. The fraction of sp³-hybridized carbons (Fsp3) is 0.621. The van der Waals surface area contributed by atoms with Crippen LogP contribution in [0.5, 0.6) is 0 Å². The SMILES string of the molecule is CCCCCCCCN1C(=O)C(=Cc2c(C)c(C#N)c(=O)n(CC)c2N2CCCC(C(=O)OCC)C2)SC1=S. The van der Waals surface area contributed by atoms with Gasteiger partial charge in [0.25, 0.3) is 11.5 Å². The number of hydrogen-bond donors (Lipinski definition) is 0. The van der Waals surface area contributed by atoms with Gasteiger partial charge in [-0.1, -0.05) is 63.0 Å². The average Bonchev–Trinajstić information content (AvgIpc) is 3.19. The maximum absolute atomic E-state index is 13.4. The van der Waals surface area contributed by atoms with Crippen LogP contribution in [0, 0.1) is 24.2 Å². The lowest BCUT2D eigenvalue weighted by atomic mass is 9.96. The fourth-order valence-corrected chi connectivity index (χ4v) is 6.56.